The zero-order valence-electron chi connectivity index (χ0n) is 14.5. The molecule has 3 N–H and O–H groups in total. The Balaban J connectivity index is 1.98. The predicted octanol–water partition coefficient (Wildman–Crippen LogP) is 3.69. The Morgan fingerprint density at radius 2 is 1.89 bits per heavy atom. The minimum absolute atomic E-state index is 0.0608. The van der Waals surface area contributed by atoms with Gasteiger partial charge in [0.15, 0.2) is 0 Å². The van der Waals surface area contributed by atoms with Crippen LogP contribution in [-0.4, -0.2) is 28.2 Å². The van der Waals surface area contributed by atoms with Gasteiger partial charge in [0, 0.05) is 24.8 Å². The van der Waals surface area contributed by atoms with Crippen LogP contribution < -0.4 is 10.6 Å². The first-order valence-electron chi connectivity index (χ1n) is 8.46. The summed E-state index contributed by atoms with van der Waals surface area (Å²) in [5.41, 5.74) is 1.83. The maximum atomic E-state index is 13.9. The normalized spacial score (nSPS) is 10.3. The average Bonchev–Trinajstić information content (AvgIpc) is 2.69. The van der Waals surface area contributed by atoms with Gasteiger partial charge in [0.25, 0.3) is 0 Å². The van der Waals surface area contributed by atoms with Crippen molar-refractivity contribution in [3.63, 3.8) is 0 Å². The molecule has 1 heterocycles. The van der Waals surface area contributed by atoms with E-state index in [9.17, 15) is 9.65 Å². The summed E-state index contributed by atoms with van der Waals surface area (Å²) >= 11 is 0. The molecule has 0 saturated heterocycles. The van der Waals surface area contributed by atoms with Crippen LogP contribution in [0, 0.1) is 17.1 Å². The molecule has 0 spiro atoms. The Labute approximate surface area is 156 Å². The summed E-state index contributed by atoms with van der Waals surface area (Å²) in [7, 11) is 0. The van der Waals surface area contributed by atoms with E-state index in [1.807, 2.05) is 36.4 Å². The van der Waals surface area contributed by atoms with E-state index in [0.717, 1.165) is 5.56 Å². The van der Waals surface area contributed by atoms with Crippen LogP contribution in [-0.2, 0) is 0 Å². The summed E-state index contributed by atoms with van der Waals surface area (Å²) < 4.78 is 13.9. The number of nitrogens with one attached hydrogen (secondary N) is 2. The Bertz CT molecular complexity index is 956. The summed E-state index contributed by atoms with van der Waals surface area (Å²) in [5, 5.41) is 24.2. The van der Waals surface area contributed by atoms with E-state index >= 15 is 0 Å². The molecule has 0 bridgehead atoms. The molecule has 136 valence electrons. The number of aliphatic hydroxyl groups excluding tert-OH is 1. The van der Waals surface area contributed by atoms with E-state index in [1.54, 1.807) is 12.1 Å². The highest BCUT2D eigenvalue weighted by atomic mass is 19.1. The van der Waals surface area contributed by atoms with E-state index in [-0.39, 0.29) is 12.2 Å². The largest absolute Gasteiger partial charge is 0.396 e. The number of hydrogen-bond acceptors (Lipinski definition) is 6. The van der Waals surface area contributed by atoms with Gasteiger partial charge in [-0.2, -0.15) is 10.2 Å². The molecule has 0 aliphatic carbocycles. The van der Waals surface area contributed by atoms with Crippen molar-refractivity contribution in [3.05, 3.63) is 66.0 Å². The molecule has 0 atom stereocenters. The molecular weight excluding hydrogens is 345 g/mol. The van der Waals surface area contributed by atoms with Crippen molar-refractivity contribution in [2.45, 2.75) is 6.42 Å². The average molecular weight is 363 g/mol. The minimum atomic E-state index is -0.596. The first kappa shape index (κ1) is 18.3. The third-order valence-electron chi connectivity index (χ3n) is 3.80. The second kappa shape index (κ2) is 8.74. The number of benzene rings is 2. The van der Waals surface area contributed by atoms with Gasteiger partial charge in [-0.1, -0.05) is 36.4 Å². The topological polar surface area (TPSA) is 93.9 Å². The highest BCUT2D eigenvalue weighted by molar-refractivity contribution is 5.70. The molecule has 2 aromatic carbocycles. The number of nitrogens with zero attached hydrogens (tertiary/aromatic N) is 3. The summed E-state index contributed by atoms with van der Waals surface area (Å²) in [6.45, 7) is 0.572. The maximum Gasteiger partial charge on any atom is 0.225 e. The van der Waals surface area contributed by atoms with Gasteiger partial charge in [-0.05, 0) is 18.6 Å². The van der Waals surface area contributed by atoms with Gasteiger partial charge in [-0.3, -0.25) is 0 Å². The van der Waals surface area contributed by atoms with Gasteiger partial charge < -0.3 is 15.7 Å². The molecule has 3 rings (SSSR count). The molecule has 0 unspecified atom stereocenters. The van der Waals surface area contributed by atoms with Gasteiger partial charge in [0.05, 0.1) is 11.4 Å². The first-order chi connectivity index (χ1) is 13.2. The van der Waals surface area contributed by atoms with Crippen molar-refractivity contribution >= 4 is 17.5 Å². The lowest BCUT2D eigenvalue weighted by atomic mass is 10.1. The lowest BCUT2D eigenvalue weighted by Gasteiger charge is -2.12. The van der Waals surface area contributed by atoms with Crippen molar-refractivity contribution in [1.29, 1.82) is 5.26 Å². The minimum Gasteiger partial charge on any atom is -0.396 e. The number of nitriles is 1. The van der Waals surface area contributed by atoms with Crippen molar-refractivity contribution in [3.8, 4) is 17.3 Å². The summed E-state index contributed by atoms with van der Waals surface area (Å²) in [5.74, 6) is 0.209. The smallest absolute Gasteiger partial charge is 0.225 e. The zero-order chi connectivity index (χ0) is 19.1. The van der Waals surface area contributed by atoms with E-state index in [1.165, 1.54) is 12.1 Å². The van der Waals surface area contributed by atoms with Crippen molar-refractivity contribution in [1.82, 2.24) is 9.97 Å². The third-order valence-corrected chi connectivity index (χ3v) is 3.80. The lowest BCUT2D eigenvalue weighted by molar-refractivity contribution is 0.292. The molecule has 0 fully saturated rings. The number of aromatic nitrogens is 2. The van der Waals surface area contributed by atoms with E-state index in [4.69, 9.17) is 5.11 Å². The van der Waals surface area contributed by atoms with E-state index < -0.39 is 5.82 Å². The Morgan fingerprint density at radius 1 is 1.07 bits per heavy atom. The van der Waals surface area contributed by atoms with E-state index in [2.05, 4.69) is 20.6 Å². The van der Waals surface area contributed by atoms with Gasteiger partial charge >= 0.3 is 0 Å². The van der Waals surface area contributed by atoms with Gasteiger partial charge in [0.1, 0.15) is 23.3 Å². The summed E-state index contributed by atoms with van der Waals surface area (Å²) in [4.78, 5) is 8.88. The number of aliphatic hydroxyl groups is 1. The van der Waals surface area contributed by atoms with Gasteiger partial charge in [-0.25, -0.2) is 9.37 Å². The van der Waals surface area contributed by atoms with Crippen molar-refractivity contribution in [2.24, 2.45) is 0 Å². The van der Waals surface area contributed by atoms with Gasteiger partial charge in [-0.15, -0.1) is 0 Å². The van der Waals surface area contributed by atoms with Crippen LogP contribution in [0.5, 0.6) is 0 Å². The molecule has 0 aliphatic heterocycles. The molecule has 1 aromatic heterocycles. The monoisotopic (exact) mass is 363 g/mol. The summed E-state index contributed by atoms with van der Waals surface area (Å²) in [6, 6.07) is 17.5. The van der Waals surface area contributed by atoms with Crippen LogP contribution in [0.3, 0.4) is 0 Å². The van der Waals surface area contributed by atoms with E-state index in [0.29, 0.717) is 36.1 Å². The predicted molar refractivity (Wildman–Crippen MR) is 102 cm³/mol. The van der Waals surface area contributed by atoms with Crippen LogP contribution in [0.25, 0.3) is 11.3 Å². The first-order valence-corrected chi connectivity index (χ1v) is 8.46. The standard InChI is InChI=1S/C20H18FN5O/c21-16-8-4-9-17(15(16)13-22)24-19-12-18(14-6-2-1-3-7-14)25-20(26-19)23-10-5-11-27/h1-4,6-9,12,27H,5,10-11H2,(H2,23,24,25,26). The molecule has 3 aromatic rings. The molecule has 27 heavy (non-hydrogen) atoms. The Morgan fingerprint density at radius 3 is 2.63 bits per heavy atom. The Kier molecular flexibility index (Phi) is 5.92. The second-order valence-corrected chi connectivity index (χ2v) is 5.73. The molecular formula is C20H18FN5O. The number of rotatable bonds is 7. The number of hydrogen-bond donors (Lipinski definition) is 3. The van der Waals surface area contributed by atoms with Crippen molar-refractivity contribution in [2.75, 3.05) is 23.8 Å². The van der Waals surface area contributed by atoms with Crippen molar-refractivity contribution < 1.29 is 9.50 Å². The van der Waals surface area contributed by atoms with Crippen LogP contribution in [0.2, 0.25) is 0 Å². The molecule has 0 amide bonds. The molecule has 0 aliphatic rings. The fourth-order valence-electron chi connectivity index (χ4n) is 2.51. The SMILES string of the molecule is N#Cc1c(F)cccc1Nc1cc(-c2ccccc2)nc(NCCCO)n1. The molecule has 6 nitrogen and oxygen atoms in total. The second-order valence-electron chi connectivity index (χ2n) is 5.73. The molecule has 0 radical (unpaired) electrons. The quantitative estimate of drug-likeness (QED) is 0.554. The molecule has 0 saturated carbocycles. The number of halogens is 1. The zero-order valence-corrected chi connectivity index (χ0v) is 14.5. The highest BCUT2D eigenvalue weighted by Gasteiger charge is 2.11. The van der Waals surface area contributed by atoms with Crippen LogP contribution >= 0.6 is 0 Å². The maximum absolute atomic E-state index is 13.9. The molecule has 7 heteroatoms. The third kappa shape index (κ3) is 4.57. The fraction of sp³-hybridized carbons (Fsp3) is 0.150. The summed E-state index contributed by atoms with van der Waals surface area (Å²) in [6.07, 6.45) is 0.560. The Hall–Kier alpha value is -3.50. The van der Waals surface area contributed by atoms with Crippen LogP contribution in [0.1, 0.15) is 12.0 Å². The number of anilines is 3. The van der Waals surface area contributed by atoms with Crippen LogP contribution in [0.4, 0.5) is 21.8 Å². The highest BCUT2D eigenvalue weighted by Crippen LogP contribution is 2.26. The fourth-order valence-corrected chi connectivity index (χ4v) is 2.51. The van der Waals surface area contributed by atoms with Crippen LogP contribution in [0.15, 0.2) is 54.6 Å². The lowest BCUT2D eigenvalue weighted by Crippen LogP contribution is -2.09. The van der Waals surface area contributed by atoms with Gasteiger partial charge in [0.2, 0.25) is 5.95 Å².